The van der Waals surface area contributed by atoms with Crippen molar-refractivity contribution in [2.45, 2.75) is 51.1 Å². The van der Waals surface area contributed by atoms with E-state index in [1.54, 1.807) is 6.39 Å². The van der Waals surface area contributed by atoms with E-state index in [9.17, 15) is 0 Å². The molecule has 104 valence electrons. The first kappa shape index (κ1) is 12.0. The van der Waals surface area contributed by atoms with E-state index >= 15 is 0 Å². The predicted octanol–water partition coefficient (Wildman–Crippen LogP) is 4.33. The molecule has 4 rings (SSSR count). The number of oxazole rings is 1. The van der Waals surface area contributed by atoms with Crippen LogP contribution in [0.4, 0.5) is 5.69 Å². The van der Waals surface area contributed by atoms with E-state index in [1.165, 1.54) is 42.6 Å². The van der Waals surface area contributed by atoms with Gasteiger partial charge in [0, 0.05) is 5.69 Å². The maximum absolute atomic E-state index is 5.71. The van der Waals surface area contributed by atoms with Crippen LogP contribution in [0.5, 0.6) is 0 Å². The van der Waals surface area contributed by atoms with Crippen molar-refractivity contribution in [1.82, 2.24) is 4.98 Å². The molecule has 0 N–H and O–H groups in total. The molecule has 1 aromatic carbocycles. The van der Waals surface area contributed by atoms with Crippen LogP contribution in [0.3, 0.4) is 0 Å². The number of hydrogen-bond acceptors (Lipinski definition) is 3. The third-order valence-corrected chi connectivity index (χ3v) is 5.07. The van der Waals surface area contributed by atoms with Gasteiger partial charge in [0.1, 0.15) is 5.69 Å². The standard InChI is InChI=1S/C17H20N2O/c1-12-7-3-4-8-14(12)19-13(2)15-16(18-11-20-15)17(19)9-5-6-10-17/h3-4,7-8,11,13H,5-6,9-10H2,1-2H3/t13-/m0/s1. The van der Waals surface area contributed by atoms with E-state index in [0.717, 1.165) is 5.76 Å². The zero-order valence-corrected chi connectivity index (χ0v) is 12.1. The first-order valence-electron chi connectivity index (χ1n) is 7.53. The Morgan fingerprint density at radius 1 is 1.25 bits per heavy atom. The molecule has 1 spiro atoms. The maximum Gasteiger partial charge on any atom is 0.181 e. The Kier molecular flexibility index (Phi) is 2.47. The molecule has 2 heterocycles. The zero-order chi connectivity index (χ0) is 13.7. The van der Waals surface area contributed by atoms with Crippen LogP contribution in [-0.2, 0) is 5.54 Å². The highest BCUT2D eigenvalue weighted by Gasteiger charge is 2.53. The summed E-state index contributed by atoms with van der Waals surface area (Å²) in [4.78, 5) is 7.15. The summed E-state index contributed by atoms with van der Waals surface area (Å²) in [6.07, 6.45) is 6.55. The lowest BCUT2D eigenvalue weighted by molar-refractivity contribution is 0.392. The molecule has 1 aliphatic carbocycles. The molecule has 20 heavy (non-hydrogen) atoms. The second-order valence-corrected chi connectivity index (χ2v) is 6.14. The first-order valence-corrected chi connectivity index (χ1v) is 7.53. The lowest BCUT2D eigenvalue weighted by Gasteiger charge is -2.40. The van der Waals surface area contributed by atoms with Crippen LogP contribution in [0, 0.1) is 6.92 Å². The lowest BCUT2D eigenvalue weighted by atomic mass is 9.93. The zero-order valence-electron chi connectivity index (χ0n) is 12.1. The van der Waals surface area contributed by atoms with Gasteiger partial charge in [0.05, 0.1) is 11.6 Å². The predicted molar refractivity (Wildman–Crippen MR) is 78.7 cm³/mol. The number of benzene rings is 1. The van der Waals surface area contributed by atoms with Gasteiger partial charge in [-0.05, 0) is 38.3 Å². The highest BCUT2D eigenvalue weighted by atomic mass is 16.3. The minimum absolute atomic E-state index is 0.0634. The van der Waals surface area contributed by atoms with Crippen molar-refractivity contribution >= 4 is 5.69 Å². The van der Waals surface area contributed by atoms with Gasteiger partial charge in [-0.3, -0.25) is 0 Å². The van der Waals surface area contributed by atoms with E-state index < -0.39 is 0 Å². The van der Waals surface area contributed by atoms with Gasteiger partial charge in [0.15, 0.2) is 12.2 Å². The summed E-state index contributed by atoms with van der Waals surface area (Å²) in [5, 5.41) is 0. The van der Waals surface area contributed by atoms with Gasteiger partial charge in [-0.1, -0.05) is 31.0 Å². The van der Waals surface area contributed by atoms with Crippen molar-refractivity contribution in [2.24, 2.45) is 0 Å². The summed E-state index contributed by atoms with van der Waals surface area (Å²) < 4.78 is 5.71. The average molecular weight is 268 g/mol. The summed E-state index contributed by atoms with van der Waals surface area (Å²) in [5.74, 6) is 1.06. The highest BCUT2D eigenvalue weighted by Crippen LogP contribution is 2.56. The van der Waals surface area contributed by atoms with Gasteiger partial charge in [-0.25, -0.2) is 4.98 Å². The van der Waals surface area contributed by atoms with Crippen LogP contribution in [0.2, 0.25) is 0 Å². The summed E-state index contributed by atoms with van der Waals surface area (Å²) in [6, 6.07) is 8.93. The van der Waals surface area contributed by atoms with Crippen molar-refractivity contribution in [3.05, 3.63) is 47.7 Å². The van der Waals surface area contributed by atoms with Gasteiger partial charge >= 0.3 is 0 Å². The van der Waals surface area contributed by atoms with E-state index in [4.69, 9.17) is 4.42 Å². The molecule has 1 aromatic heterocycles. The second-order valence-electron chi connectivity index (χ2n) is 6.14. The number of hydrogen-bond donors (Lipinski definition) is 0. The van der Waals surface area contributed by atoms with Crippen molar-refractivity contribution in [3.8, 4) is 0 Å². The van der Waals surface area contributed by atoms with E-state index in [0.29, 0.717) is 0 Å². The minimum atomic E-state index is 0.0634. The fourth-order valence-corrected chi connectivity index (χ4v) is 4.21. The highest BCUT2D eigenvalue weighted by molar-refractivity contribution is 5.61. The van der Waals surface area contributed by atoms with Gasteiger partial charge in [-0.15, -0.1) is 0 Å². The largest absolute Gasteiger partial charge is 0.446 e. The molecule has 1 saturated carbocycles. The van der Waals surface area contributed by atoms with E-state index in [-0.39, 0.29) is 11.6 Å². The van der Waals surface area contributed by atoms with Crippen LogP contribution in [-0.4, -0.2) is 4.98 Å². The van der Waals surface area contributed by atoms with Crippen LogP contribution < -0.4 is 4.90 Å². The number of para-hydroxylation sites is 1. The second kappa shape index (κ2) is 4.11. The summed E-state index contributed by atoms with van der Waals surface area (Å²) in [5.41, 5.74) is 3.91. The molecule has 0 amide bonds. The Balaban J connectivity index is 1.91. The molecule has 3 heteroatoms. The Hall–Kier alpha value is -1.77. The molecule has 1 fully saturated rings. The summed E-state index contributed by atoms with van der Waals surface area (Å²) >= 11 is 0. The van der Waals surface area contributed by atoms with Gasteiger partial charge in [-0.2, -0.15) is 0 Å². The fraction of sp³-hybridized carbons (Fsp3) is 0.471. The number of aryl methyl sites for hydroxylation is 1. The summed E-state index contributed by atoms with van der Waals surface area (Å²) in [7, 11) is 0. The normalized spacial score (nSPS) is 23.5. The van der Waals surface area contributed by atoms with Crippen LogP contribution in [0.15, 0.2) is 35.1 Å². The molecular formula is C17H20N2O. The molecule has 0 radical (unpaired) electrons. The number of nitrogens with zero attached hydrogens (tertiary/aromatic N) is 2. The minimum Gasteiger partial charge on any atom is -0.446 e. The molecule has 2 aliphatic rings. The van der Waals surface area contributed by atoms with Crippen molar-refractivity contribution in [2.75, 3.05) is 4.90 Å². The Bertz CT molecular complexity index is 640. The van der Waals surface area contributed by atoms with Crippen LogP contribution in [0.1, 0.15) is 55.7 Å². The van der Waals surface area contributed by atoms with E-state index in [1.807, 2.05) is 0 Å². The number of aromatic nitrogens is 1. The SMILES string of the molecule is Cc1ccccc1N1[C@@H](C)c2ocnc2C12CCCC2. The molecule has 1 aliphatic heterocycles. The van der Waals surface area contributed by atoms with Gasteiger partial charge in [0.2, 0.25) is 0 Å². The summed E-state index contributed by atoms with van der Waals surface area (Å²) in [6.45, 7) is 4.43. The number of anilines is 1. The Labute approximate surface area is 119 Å². The van der Waals surface area contributed by atoms with Crippen LogP contribution >= 0.6 is 0 Å². The van der Waals surface area contributed by atoms with Crippen molar-refractivity contribution in [1.29, 1.82) is 0 Å². The van der Waals surface area contributed by atoms with Gasteiger partial charge in [0.25, 0.3) is 0 Å². The topological polar surface area (TPSA) is 29.3 Å². The number of rotatable bonds is 1. The molecule has 0 unspecified atom stereocenters. The number of fused-ring (bicyclic) bond motifs is 2. The molecule has 3 nitrogen and oxygen atoms in total. The Morgan fingerprint density at radius 3 is 2.75 bits per heavy atom. The molecular weight excluding hydrogens is 248 g/mol. The third kappa shape index (κ3) is 1.38. The maximum atomic E-state index is 5.71. The first-order chi connectivity index (χ1) is 9.74. The van der Waals surface area contributed by atoms with E-state index in [2.05, 4.69) is 48.0 Å². The average Bonchev–Trinajstić information content (AvgIpc) is 3.12. The van der Waals surface area contributed by atoms with Crippen molar-refractivity contribution < 1.29 is 4.42 Å². The monoisotopic (exact) mass is 268 g/mol. The van der Waals surface area contributed by atoms with Crippen molar-refractivity contribution in [3.63, 3.8) is 0 Å². The molecule has 0 bridgehead atoms. The van der Waals surface area contributed by atoms with Gasteiger partial charge < -0.3 is 9.32 Å². The Morgan fingerprint density at radius 2 is 2.00 bits per heavy atom. The molecule has 1 atom stereocenters. The smallest absolute Gasteiger partial charge is 0.181 e. The third-order valence-electron chi connectivity index (χ3n) is 5.07. The quantitative estimate of drug-likeness (QED) is 0.770. The molecule has 0 saturated heterocycles. The fourth-order valence-electron chi connectivity index (χ4n) is 4.21. The molecule has 2 aromatic rings. The van der Waals surface area contributed by atoms with Crippen LogP contribution in [0.25, 0.3) is 0 Å². The lowest BCUT2D eigenvalue weighted by Crippen LogP contribution is -2.41.